The predicted molar refractivity (Wildman–Crippen MR) is 149 cm³/mol. The van der Waals surface area contributed by atoms with Crippen molar-refractivity contribution in [2.24, 2.45) is 0 Å². The van der Waals surface area contributed by atoms with Crippen LogP contribution in [0.25, 0.3) is 0 Å². The molecule has 3 rings (SSSR count). The van der Waals surface area contributed by atoms with E-state index in [4.69, 9.17) is 16.3 Å². The number of halogens is 1. The van der Waals surface area contributed by atoms with E-state index < -0.39 is 28.5 Å². The summed E-state index contributed by atoms with van der Waals surface area (Å²) in [6, 6.07) is 19.1. The van der Waals surface area contributed by atoms with Gasteiger partial charge in [-0.25, -0.2) is 8.42 Å². The lowest BCUT2D eigenvalue weighted by molar-refractivity contribution is -0.140. The molecular weight excluding hydrogens is 526 g/mol. The number of carbonyl (C=O) groups excluding carboxylic acids is 2. The van der Waals surface area contributed by atoms with Gasteiger partial charge in [0.25, 0.3) is 10.0 Å². The summed E-state index contributed by atoms with van der Waals surface area (Å²) in [5.74, 6) is -0.667. The highest BCUT2D eigenvalue weighted by atomic mass is 35.5. The number of aryl methyl sites for hydroxylation is 1. The number of ether oxygens (including phenoxy) is 1. The maximum Gasteiger partial charge on any atom is 0.264 e. The van der Waals surface area contributed by atoms with Crippen molar-refractivity contribution in [3.63, 3.8) is 0 Å². The van der Waals surface area contributed by atoms with Crippen LogP contribution >= 0.6 is 11.6 Å². The first kappa shape index (κ1) is 29.0. The minimum absolute atomic E-state index is 0.00148. The summed E-state index contributed by atoms with van der Waals surface area (Å²) in [4.78, 5) is 28.2. The Morgan fingerprint density at radius 1 is 1.03 bits per heavy atom. The highest BCUT2D eigenvalue weighted by Gasteiger charge is 2.34. The first-order chi connectivity index (χ1) is 18.1. The Morgan fingerprint density at radius 3 is 2.34 bits per heavy atom. The number of hydrogen-bond donors (Lipinski definition) is 1. The highest BCUT2D eigenvalue weighted by Crippen LogP contribution is 2.35. The summed E-state index contributed by atoms with van der Waals surface area (Å²) >= 11 is 6.24. The number of rotatable bonds is 11. The summed E-state index contributed by atoms with van der Waals surface area (Å²) in [6.45, 7) is 3.28. The summed E-state index contributed by atoms with van der Waals surface area (Å²) < 4.78 is 34.2. The molecule has 0 saturated carbocycles. The number of anilines is 1. The van der Waals surface area contributed by atoms with E-state index in [0.29, 0.717) is 6.42 Å². The minimum Gasteiger partial charge on any atom is -0.495 e. The van der Waals surface area contributed by atoms with Crippen molar-refractivity contribution in [2.75, 3.05) is 25.0 Å². The van der Waals surface area contributed by atoms with Crippen molar-refractivity contribution < 1.29 is 22.7 Å². The third kappa shape index (κ3) is 6.65. The summed E-state index contributed by atoms with van der Waals surface area (Å²) in [5, 5.41) is 2.89. The first-order valence-electron chi connectivity index (χ1n) is 12.1. The zero-order valence-electron chi connectivity index (χ0n) is 21.8. The SMILES string of the molecule is CC[C@@H](C(=O)NC)N(Cc1cccc(C)c1)C(=O)CN(c1cc(Cl)ccc1OC)S(=O)(=O)c1ccccc1. The van der Waals surface area contributed by atoms with Gasteiger partial charge in [-0.3, -0.25) is 13.9 Å². The normalized spacial score (nSPS) is 11.9. The quantitative estimate of drug-likeness (QED) is 0.377. The van der Waals surface area contributed by atoms with E-state index in [1.165, 1.54) is 37.3 Å². The van der Waals surface area contributed by atoms with Gasteiger partial charge in [0.1, 0.15) is 18.3 Å². The lowest BCUT2D eigenvalue weighted by atomic mass is 10.1. The molecule has 0 aliphatic heterocycles. The van der Waals surface area contributed by atoms with Gasteiger partial charge in [-0.2, -0.15) is 0 Å². The fourth-order valence-corrected chi connectivity index (χ4v) is 5.79. The molecule has 10 heteroatoms. The van der Waals surface area contributed by atoms with Crippen molar-refractivity contribution in [1.29, 1.82) is 0 Å². The maximum atomic E-state index is 14.0. The number of benzene rings is 3. The van der Waals surface area contributed by atoms with Crippen LogP contribution in [0.3, 0.4) is 0 Å². The average molecular weight is 558 g/mol. The van der Waals surface area contributed by atoms with Crippen LogP contribution in [0.4, 0.5) is 5.69 Å². The summed E-state index contributed by atoms with van der Waals surface area (Å²) in [6.07, 6.45) is 0.336. The van der Waals surface area contributed by atoms with Gasteiger partial charge in [0, 0.05) is 18.6 Å². The molecule has 0 saturated heterocycles. The Balaban J connectivity index is 2.12. The number of methoxy groups -OCH3 is 1. The molecule has 1 atom stereocenters. The lowest BCUT2D eigenvalue weighted by Gasteiger charge is -2.33. The third-order valence-corrected chi connectivity index (χ3v) is 8.10. The van der Waals surface area contributed by atoms with Crippen molar-refractivity contribution in [3.05, 3.63) is 88.9 Å². The molecule has 3 aromatic carbocycles. The van der Waals surface area contributed by atoms with Gasteiger partial charge in [0.15, 0.2) is 0 Å². The molecule has 0 bridgehead atoms. The number of amides is 2. The molecule has 0 spiro atoms. The molecule has 8 nitrogen and oxygen atoms in total. The lowest BCUT2D eigenvalue weighted by Crippen LogP contribution is -2.51. The molecule has 2 amide bonds. The summed E-state index contributed by atoms with van der Waals surface area (Å²) in [7, 11) is -1.31. The fourth-order valence-electron chi connectivity index (χ4n) is 4.18. The number of likely N-dealkylation sites (N-methyl/N-ethyl adjacent to an activating group) is 1. The molecule has 0 unspecified atom stereocenters. The zero-order valence-corrected chi connectivity index (χ0v) is 23.4. The predicted octanol–water partition coefficient (Wildman–Crippen LogP) is 4.41. The molecule has 38 heavy (non-hydrogen) atoms. The fraction of sp³-hybridized carbons (Fsp3) is 0.286. The minimum atomic E-state index is -4.22. The second kappa shape index (κ2) is 12.8. The molecule has 1 N–H and O–H groups in total. The molecule has 202 valence electrons. The Morgan fingerprint density at radius 2 is 1.74 bits per heavy atom. The summed E-state index contributed by atoms with van der Waals surface area (Å²) in [5.41, 5.74) is 1.93. The number of sulfonamides is 1. The zero-order chi connectivity index (χ0) is 27.9. The topological polar surface area (TPSA) is 96.0 Å². The van der Waals surface area contributed by atoms with Gasteiger partial charge < -0.3 is 15.0 Å². The Kier molecular flexibility index (Phi) is 9.77. The van der Waals surface area contributed by atoms with E-state index >= 15 is 0 Å². The Hall–Kier alpha value is -3.56. The van der Waals surface area contributed by atoms with E-state index in [2.05, 4.69) is 5.32 Å². The van der Waals surface area contributed by atoms with Crippen molar-refractivity contribution in [3.8, 4) is 5.75 Å². The van der Waals surface area contributed by atoms with Gasteiger partial charge in [0.05, 0.1) is 17.7 Å². The van der Waals surface area contributed by atoms with E-state index in [1.54, 1.807) is 37.3 Å². The molecule has 0 fully saturated rings. The average Bonchev–Trinajstić information content (AvgIpc) is 2.91. The largest absolute Gasteiger partial charge is 0.495 e. The molecular formula is C28H32ClN3O5S. The molecule has 0 aromatic heterocycles. The van der Waals surface area contributed by atoms with E-state index in [0.717, 1.165) is 15.4 Å². The van der Waals surface area contributed by atoms with Crippen LogP contribution < -0.4 is 14.4 Å². The Bertz CT molecular complexity index is 1380. The second-order valence-corrected chi connectivity index (χ2v) is 11.0. The van der Waals surface area contributed by atoms with Crippen molar-refractivity contribution >= 4 is 39.1 Å². The number of carbonyl (C=O) groups is 2. The number of nitrogens with one attached hydrogen (secondary N) is 1. The van der Waals surface area contributed by atoms with Crippen molar-refractivity contribution in [1.82, 2.24) is 10.2 Å². The molecule has 0 aliphatic carbocycles. The van der Waals surface area contributed by atoms with E-state index in [-0.39, 0.29) is 33.8 Å². The van der Waals surface area contributed by atoms with Crippen LogP contribution in [0, 0.1) is 6.92 Å². The van der Waals surface area contributed by atoms with Gasteiger partial charge in [-0.05, 0) is 49.2 Å². The number of hydrogen-bond acceptors (Lipinski definition) is 5. The van der Waals surface area contributed by atoms with Crippen LogP contribution in [0.15, 0.2) is 77.7 Å². The van der Waals surface area contributed by atoms with Crippen LogP contribution in [-0.2, 0) is 26.2 Å². The van der Waals surface area contributed by atoms with E-state index in [1.807, 2.05) is 31.2 Å². The second-order valence-electron chi connectivity index (χ2n) is 8.69. The van der Waals surface area contributed by atoms with Crippen LogP contribution in [-0.4, -0.2) is 51.9 Å². The number of nitrogens with zero attached hydrogens (tertiary/aromatic N) is 2. The van der Waals surface area contributed by atoms with E-state index in [9.17, 15) is 18.0 Å². The van der Waals surface area contributed by atoms with Crippen molar-refractivity contribution in [2.45, 2.75) is 37.8 Å². The van der Waals surface area contributed by atoms with Crippen LogP contribution in [0.5, 0.6) is 5.75 Å². The smallest absolute Gasteiger partial charge is 0.264 e. The van der Waals surface area contributed by atoms with Gasteiger partial charge in [-0.1, -0.05) is 66.6 Å². The maximum absolute atomic E-state index is 14.0. The Labute approximate surface area is 229 Å². The van der Waals surface area contributed by atoms with Gasteiger partial charge >= 0.3 is 0 Å². The van der Waals surface area contributed by atoms with Gasteiger partial charge in [-0.15, -0.1) is 0 Å². The molecule has 0 heterocycles. The van der Waals surface area contributed by atoms with Crippen LogP contribution in [0.2, 0.25) is 5.02 Å². The monoisotopic (exact) mass is 557 g/mol. The highest BCUT2D eigenvalue weighted by molar-refractivity contribution is 7.92. The van der Waals surface area contributed by atoms with Gasteiger partial charge in [0.2, 0.25) is 11.8 Å². The molecule has 0 aliphatic rings. The standard InChI is InChI=1S/C28H32ClN3O5S/c1-5-24(28(34)30-3)31(18-21-11-9-10-20(2)16-21)27(33)19-32(25-17-22(29)14-15-26(25)37-4)38(35,36)23-12-7-6-8-13-23/h6-17,24H,5,18-19H2,1-4H3,(H,30,34)/t24-/m0/s1. The molecule has 3 aromatic rings. The first-order valence-corrected chi connectivity index (χ1v) is 13.9. The third-order valence-electron chi connectivity index (χ3n) is 6.09. The molecule has 0 radical (unpaired) electrons. The van der Waals surface area contributed by atoms with Crippen LogP contribution in [0.1, 0.15) is 24.5 Å².